The van der Waals surface area contributed by atoms with E-state index >= 15 is 0 Å². The van der Waals surface area contributed by atoms with Crippen LogP contribution in [0, 0.1) is 6.92 Å². The van der Waals surface area contributed by atoms with Gasteiger partial charge in [0.15, 0.2) is 0 Å². The molecule has 0 amide bonds. The molecule has 0 aliphatic rings. The van der Waals surface area contributed by atoms with Gasteiger partial charge in [0.05, 0.1) is 7.11 Å². The van der Waals surface area contributed by atoms with Gasteiger partial charge >= 0.3 is 0 Å². The molecule has 0 bridgehead atoms. The van der Waals surface area contributed by atoms with Crippen molar-refractivity contribution < 1.29 is 4.74 Å². The Balaban J connectivity index is 2.16. The third kappa shape index (κ3) is 2.97. The number of nitrogens with two attached hydrogens (primary N) is 1. The van der Waals surface area contributed by atoms with Crippen LogP contribution in [0.4, 0.5) is 11.6 Å². The van der Waals surface area contributed by atoms with Gasteiger partial charge in [0, 0.05) is 11.6 Å². The van der Waals surface area contributed by atoms with Gasteiger partial charge in [-0.15, -0.1) is 0 Å². The van der Waals surface area contributed by atoms with Gasteiger partial charge in [-0.05, 0) is 31.5 Å². The monoisotopic (exact) mass is 273 g/mol. The number of methoxy groups -OCH3 is 1. The highest BCUT2D eigenvalue weighted by Gasteiger charge is 2.10. The van der Waals surface area contributed by atoms with Crippen LogP contribution in [0.1, 0.15) is 24.1 Å². The van der Waals surface area contributed by atoms with E-state index < -0.39 is 0 Å². The molecule has 2 rings (SSSR count). The summed E-state index contributed by atoms with van der Waals surface area (Å²) in [6.45, 7) is 3.98. The Hall–Kier alpha value is -2.34. The number of hydrazine groups is 1. The number of nitrogens with zero attached hydrogens (tertiary/aromatic N) is 2. The Morgan fingerprint density at radius 3 is 2.40 bits per heavy atom. The highest BCUT2D eigenvalue weighted by Crippen LogP contribution is 2.24. The molecule has 1 unspecified atom stereocenters. The molecule has 20 heavy (non-hydrogen) atoms. The molecule has 2 aromatic rings. The summed E-state index contributed by atoms with van der Waals surface area (Å²) in [7, 11) is 1.66. The number of aromatic nitrogens is 2. The van der Waals surface area contributed by atoms with Crippen molar-refractivity contribution in [2.24, 2.45) is 5.84 Å². The Labute approximate surface area is 118 Å². The summed E-state index contributed by atoms with van der Waals surface area (Å²) in [5, 5.41) is 3.35. The molecule has 0 saturated heterocycles. The number of nitrogens with one attached hydrogen (secondary N) is 2. The number of hydrogen-bond donors (Lipinski definition) is 3. The maximum atomic E-state index is 5.41. The van der Waals surface area contributed by atoms with Crippen LogP contribution in [0.2, 0.25) is 0 Å². The highest BCUT2D eigenvalue weighted by molar-refractivity contribution is 5.56. The van der Waals surface area contributed by atoms with Gasteiger partial charge in [-0.25, -0.2) is 15.8 Å². The lowest BCUT2D eigenvalue weighted by Gasteiger charge is -2.17. The van der Waals surface area contributed by atoms with Crippen LogP contribution in [0.25, 0.3) is 0 Å². The Kier molecular flexibility index (Phi) is 4.37. The summed E-state index contributed by atoms with van der Waals surface area (Å²) in [5.74, 6) is 7.63. The topological polar surface area (TPSA) is 85.1 Å². The first-order valence-electron chi connectivity index (χ1n) is 6.34. The van der Waals surface area contributed by atoms with Gasteiger partial charge in [-0.1, -0.05) is 12.1 Å². The van der Waals surface area contributed by atoms with Gasteiger partial charge in [0.1, 0.15) is 23.7 Å². The molecule has 1 heterocycles. The lowest BCUT2D eigenvalue weighted by atomic mass is 10.1. The maximum Gasteiger partial charge on any atom is 0.148 e. The van der Waals surface area contributed by atoms with Gasteiger partial charge < -0.3 is 15.5 Å². The van der Waals surface area contributed by atoms with Crippen molar-refractivity contribution >= 4 is 11.6 Å². The van der Waals surface area contributed by atoms with Crippen LogP contribution >= 0.6 is 0 Å². The smallest absolute Gasteiger partial charge is 0.148 e. The van der Waals surface area contributed by atoms with Gasteiger partial charge in [-0.2, -0.15) is 0 Å². The van der Waals surface area contributed by atoms with Crippen molar-refractivity contribution in [2.45, 2.75) is 19.9 Å². The van der Waals surface area contributed by atoms with Gasteiger partial charge in [0.25, 0.3) is 0 Å². The first-order valence-corrected chi connectivity index (χ1v) is 6.34. The lowest BCUT2D eigenvalue weighted by Crippen LogP contribution is -2.14. The minimum absolute atomic E-state index is 0.111. The fourth-order valence-electron chi connectivity index (χ4n) is 1.92. The molecule has 6 nitrogen and oxygen atoms in total. The zero-order valence-electron chi connectivity index (χ0n) is 11.8. The largest absolute Gasteiger partial charge is 0.497 e. The fraction of sp³-hybridized carbons (Fsp3) is 0.286. The molecule has 1 aromatic heterocycles. The van der Waals surface area contributed by atoms with Crippen molar-refractivity contribution in [1.82, 2.24) is 9.97 Å². The summed E-state index contributed by atoms with van der Waals surface area (Å²) < 4.78 is 5.15. The molecule has 106 valence electrons. The van der Waals surface area contributed by atoms with Crippen LogP contribution in [0.15, 0.2) is 30.6 Å². The van der Waals surface area contributed by atoms with E-state index in [0.717, 1.165) is 22.7 Å². The summed E-state index contributed by atoms with van der Waals surface area (Å²) in [6.07, 6.45) is 1.48. The minimum Gasteiger partial charge on any atom is -0.497 e. The number of benzene rings is 1. The van der Waals surface area contributed by atoms with E-state index in [1.807, 2.05) is 31.2 Å². The summed E-state index contributed by atoms with van der Waals surface area (Å²) in [6, 6.07) is 8.03. The second-order valence-electron chi connectivity index (χ2n) is 4.48. The Morgan fingerprint density at radius 2 is 1.80 bits per heavy atom. The summed E-state index contributed by atoms with van der Waals surface area (Å²) in [5.41, 5.74) is 4.59. The molecule has 0 radical (unpaired) electrons. The maximum absolute atomic E-state index is 5.41. The number of rotatable bonds is 5. The third-order valence-electron chi connectivity index (χ3n) is 3.19. The average Bonchev–Trinajstić information content (AvgIpc) is 2.49. The van der Waals surface area contributed by atoms with E-state index in [1.165, 1.54) is 6.33 Å². The quantitative estimate of drug-likeness (QED) is 0.572. The van der Waals surface area contributed by atoms with Gasteiger partial charge in [0.2, 0.25) is 0 Å². The SMILES string of the molecule is COc1ccc(C(C)Nc2ncnc(NN)c2C)cc1. The second kappa shape index (κ2) is 6.21. The summed E-state index contributed by atoms with van der Waals surface area (Å²) in [4.78, 5) is 8.30. The van der Waals surface area contributed by atoms with E-state index in [4.69, 9.17) is 10.6 Å². The van der Waals surface area contributed by atoms with Crippen molar-refractivity contribution in [3.8, 4) is 5.75 Å². The molecular weight excluding hydrogens is 254 g/mol. The van der Waals surface area contributed by atoms with Crippen LogP contribution in [-0.4, -0.2) is 17.1 Å². The van der Waals surface area contributed by atoms with Crippen LogP contribution in [0.5, 0.6) is 5.75 Å². The molecule has 0 spiro atoms. The Bertz CT molecular complexity index is 570. The second-order valence-corrected chi connectivity index (χ2v) is 4.48. The highest BCUT2D eigenvalue weighted by atomic mass is 16.5. The van der Waals surface area contributed by atoms with Crippen LogP contribution in [-0.2, 0) is 0 Å². The molecule has 1 atom stereocenters. The van der Waals surface area contributed by atoms with E-state index in [2.05, 4.69) is 27.6 Å². The summed E-state index contributed by atoms with van der Waals surface area (Å²) >= 11 is 0. The zero-order chi connectivity index (χ0) is 14.5. The first kappa shape index (κ1) is 14.1. The fourth-order valence-corrected chi connectivity index (χ4v) is 1.92. The Morgan fingerprint density at radius 1 is 1.15 bits per heavy atom. The molecule has 4 N–H and O–H groups in total. The standard InChI is InChI=1S/C14H19N5O/c1-9-13(16-8-17-14(9)19-15)18-10(2)11-4-6-12(20-3)7-5-11/h4-8,10H,15H2,1-3H3,(H2,16,17,18,19). The van der Waals surface area contributed by atoms with Crippen molar-refractivity contribution in [1.29, 1.82) is 0 Å². The van der Waals surface area contributed by atoms with Crippen molar-refractivity contribution in [3.05, 3.63) is 41.7 Å². The van der Waals surface area contributed by atoms with Gasteiger partial charge in [-0.3, -0.25) is 0 Å². The van der Waals surface area contributed by atoms with E-state index in [-0.39, 0.29) is 6.04 Å². The molecule has 1 aromatic carbocycles. The number of ether oxygens (including phenoxy) is 1. The van der Waals surface area contributed by atoms with E-state index in [9.17, 15) is 0 Å². The number of nitrogen functional groups attached to an aromatic ring is 1. The van der Waals surface area contributed by atoms with Crippen molar-refractivity contribution in [3.63, 3.8) is 0 Å². The molecule has 0 fully saturated rings. The zero-order valence-corrected chi connectivity index (χ0v) is 11.8. The average molecular weight is 273 g/mol. The molecule has 0 aliphatic carbocycles. The van der Waals surface area contributed by atoms with Crippen LogP contribution < -0.4 is 21.3 Å². The third-order valence-corrected chi connectivity index (χ3v) is 3.19. The number of hydrogen-bond acceptors (Lipinski definition) is 6. The molecule has 0 aliphatic heterocycles. The molecule has 0 saturated carbocycles. The van der Waals surface area contributed by atoms with Crippen LogP contribution in [0.3, 0.4) is 0 Å². The number of anilines is 2. The van der Waals surface area contributed by atoms with E-state index in [1.54, 1.807) is 7.11 Å². The first-order chi connectivity index (χ1) is 9.65. The van der Waals surface area contributed by atoms with E-state index in [0.29, 0.717) is 5.82 Å². The predicted octanol–water partition coefficient (Wildman–Crippen LogP) is 2.25. The van der Waals surface area contributed by atoms with Crippen molar-refractivity contribution in [2.75, 3.05) is 17.9 Å². The minimum atomic E-state index is 0.111. The molecule has 6 heteroatoms. The lowest BCUT2D eigenvalue weighted by molar-refractivity contribution is 0.414. The normalized spacial score (nSPS) is 11.8. The predicted molar refractivity (Wildman–Crippen MR) is 79.6 cm³/mol. The molecular formula is C14H19N5O.